The van der Waals surface area contributed by atoms with Crippen LogP contribution in [0.1, 0.15) is 19.3 Å². The lowest BCUT2D eigenvalue weighted by molar-refractivity contribution is 0.102. The van der Waals surface area contributed by atoms with Crippen molar-refractivity contribution in [2.75, 3.05) is 5.32 Å². The molecule has 2 bridgehead atoms. The molecule has 106 valence electrons. The van der Waals surface area contributed by atoms with Gasteiger partial charge in [-0.1, -0.05) is 12.1 Å². The normalized spacial score (nSPS) is 27.7. The molecule has 3 unspecified atom stereocenters. The van der Waals surface area contributed by atoms with E-state index in [9.17, 15) is 0 Å². The number of rotatable bonds is 2. The van der Waals surface area contributed by atoms with Gasteiger partial charge >= 0.3 is 0 Å². The Kier molecular flexibility index (Phi) is 2.29. The highest BCUT2D eigenvalue weighted by atomic mass is 16.5. The smallest absolute Gasteiger partial charge is 0.196 e. The lowest BCUT2D eigenvalue weighted by Crippen LogP contribution is -2.30. The summed E-state index contributed by atoms with van der Waals surface area (Å²) in [6.07, 6.45) is 5.70. The van der Waals surface area contributed by atoms with Crippen molar-refractivity contribution in [3.63, 3.8) is 0 Å². The molecule has 3 atom stereocenters. The Morgan fingerprint density at radius 2 is 2.10 bits per heavy atom. The number of hydrogen-bond acceptors (Lipinski definition) is 5. The molecule has 3 aromatic rings. The fourth-order valence-electron chi connectivity index (χ4n) is 3.59. The van der Waals surface area contributed by atoms with Crippen LogP contribution < -0.4 is 5.32 Å². The van der Waals surface area contributed by atoms with E-state index in [2.05, 4.69) is 15.3 Å². The summed E-state index contributed by atoms with van der Waals surface area (Å²) in [7, 11) is 0. The number of aromatic nitrogens is 2. The van der Waals surface area contributed by atoms with Gasteiger partial charge in [0, 0.05) is 5.39 Å². The number of fused-ring (bicyclic) bond motifs is 5. The maximum absolute atomic E-state index is 5.95. The Hall–Kier alpha value is -2.14. The monoisotopic (exact) mass is 281 g/mol. The lowest BCUT2D eigenvalue weighted by atomic mass is 9.95. The van der Waals surface area contributed by atoms with E-state index in [1.165, 1.54) is 6.42 Å². The van der Waals surface area contributed by atoms with Crippen molar-refractivity contribution in [3.05, 3.63) is 30.6 Å². The van der Waals surface area contributed by atoms with Crippen molar-refractivity contribution >= 4 is 27.9 Å². The Morgan fingerprint density at radius 3 is 2.95 bits per heavy atom. The first-order chi connectivity index (χ1) is 10.4. The molecular formula is C16H15N3O2. The van der Waals surface area contributed by atoms with Crippen LogP contribution in [0.4, 0.5) is 5.82 Å². The topological polar surface area (TPSA) is 60.2 Å². The van der Waals surface area contributed by atoms with Crippen LogP contribution in [0, 0.1) is 0 Å². The quantitative estimate of drug-likeness (QED) is 0.782. The van der Waals surface area contributed by atoms with Crippen LogP contribution in [0.15, 0.2) is 35.0 Å². The molecule has 2 aliphatic heterocycles. The van der Waals surface area contributed by atoms with Crippen LogP contribution in [0.5, 0.6) is 0 Å². The van der Waals surface area contributed by atoms with E-state index < -0.39 is 0 Å². The molecule has 0 amide bonds. The van der Waals surface area contributed by atoms with E-state index in [0.717, 1.165) is 40.7 Å². The van der Waals surface area contributed by atoms with Crippen molar-refractivity contribution in [1.29, 1.82) is 0 Å². The summed E-state index contributed by atoms with van der Waals surface area (Å²) in [4.78, 5) is 8.75. The Bertz CT molecular complexity index is 829. The van der Waals surface area contributed by atoms with Crippen molar-refractivity contribution in [2.24, 2.45) is 0 Å². The molecular weight excluding hydrogens is 266 g/mol. The Labute approximate surface area is 121 Å². The molecule has 0 saturated carbocycles. The van der Waals surface area contributed by atoms with Crippen molar-refractivity contribution in [3.8, 4) is 0 Å². The van der Waals surface area contributed by atoms with Gasteiger partial charge in [-0.05, 0) is 31.4 Å². The van der Waals surface area contributed by atoms with E-state index in [-0.39, 0.29) is 0 Å². The average molecular weight is 281 g/mol. The van der Waals surface area contributed by atoms with Crippen LogP contribution in [0.3, 0.4) is 0 Å². The van der Waals surface area contributed by atoms with Gasteiger partial charge < -0.3 is 14.5 Å². The highest BCUT2D eigenvalue weighted by molar-refractivity contribution is 6.05. The predicted octanol–water partition coefficient (Wildman–Crippen LogP) is 3.11. The van der Waals surface area contributed by atoms with Gasteiger partial charge in [0.05, 0.1) is 18.2 Å². The third-order valence-corrected chi connectivity index (χ3v) is 4.59. The summed E-state index contributed by atoms with van der Waals surface area (Å²) in [6.45, 7) is 0. The summed E-state index contributed by atoms with van der Waals surface area (Å²) in [6, 6.07) is 8.28. The molecule has 4 heterocycles. The Morgan fingerprint density at radius 1 is 1.14 bits per heavy atom. The largest absolute Gasteiger partial charge is 0.450 e. The fourth-order valence-corrected chi connectivity index (χ4v) is 3.59. The molecule has 1 aromatic carbocycles. The molecule has 0 spiro atoms. The summed E-state index contributed by atoms with van der Waals surface area (Å²) in [5.41, 5.74) is 2.45. The summed E-state index contributed by atoms with van der Waals surface area (Å²) < 4.78 is 11.8. The predicted molar refractivity (Wildman–Crippen MR) is 79.2 cm³/mol. The minimum atomic E-state index is 0.310. The van der Waals surface area contributed by atoms with Gasteiger partial charge in [0.2, 0.25) is 0 Å². The molecule has 5 nitrogen and oxygen atoms in total. The van der Waals surface area contributed by atoms with E-state index in [4.69, 9.17) is 9.15 Å². The lowest BCUT2D eigenvalue weighted by Gasteiger charge is -2.20. The van der Waals surface area contributed by atoms with Crippen LogP contribution >= 0.6 is 0 Å². The maximum atomic E-state index is 5.95. The molecule has 21 heavy (non-hydrogen) atoms. The first-order valence-electron chi connectivity index (χ1n) is 7.43. The zero-order chi connectivity index (χ0) is 13.8. The average Bonchev–Trinajstić information content (AvgIpc) is 3.20. The SMILES string of the molecule is c1ccc2c(c1)oc1c(NC3CC4CCC3O4)ncnc12. The Balaban J connectivity index is 1.60. The number of anilines is 1. The van der Waals surface area contributed by atoms with Gasteiger partial charge in [0.25, 0.3) is 0 Å². The molecule has 0 aliphatic carbocycles. The van der Waals surface area contributed by atoms with Crippen LogP contribution in [-0.4, -0.2) is 28.2 Å². The first kappa shape index (κ1) is 11.5. The standard InChI is InChI=1S/C16H15N3O2/c1-2-4-12-10(3-1)14-15(21-12)16(18-8-17-14)19-11-7-9-5-6-13(11)20-9/h1-4,8-9,11,13H,5-7H2,(H,17,18,19). The second-order valence-corrected chi connectivity index (χ2v) is 5.86. The molecule has 5 heteroatoms. The van der Waals surface area contributed by atoms with E-state index >= 15 is 0 Å². The maximum Gasteiger partial charge on any atom is 0.196 e. The van der Waals surface area contributed by atoms with Crippen molar-refractivity contribution < 1.29 is 9.15 Å². The molecule has 2 saturated heterocycles. The van der Waals surface area contributed by atoms with Gasteiger partial charge in [-0.2, -0.15) is 0 Å². The second-order valence-electron chi connectivity index (χ2n) is 5.86. The molecule has 2 fully saturated rings. The third-order valence-electron chi connectivity index (χ3n) is 4.59. The molecule has 0 radical (unpaired) electrons. The summed E-state index contributed by atoms with van der Waals surface area (Å²) in [5.74, 6) is 0.775. The number of furan rings is 1. The molecule has 5 rings (SSSR count). The number of para-hydroxylation sites is 1. The number of nitrogens with one attached hydrogen (secondary N) is 1. The fraction of sp³-hybridized carbons (Fsp3) is 0.375. The zero-order valence-corrected chi connectivity index (χ0v) is 11.5. The molecule has 2 aliphatic rings. The number of nitrogens with zero attached hydrogens (tertiary/aromatic N) is 2. The number of benzene rings is 1. The van der Waals surface area contributed by atoms with Gasteiger partial charge in [0.1, 0.15) is 17.4 Å². The van der Waals surface area contributed by atoms with Gasteiger partial charge in [-0.15, -0.1) is 0 Å². The van der Waals surface area contributed by atoms with Gasteiger partial charge in [-0.25, -0.2) is 9.97 Å². The minimum Gasteiger partial charge on any atom is -0.450 e. The van der Waals surface area contributed by atoms with Crippen molar-refractivity contribution in [2.45, 2.75) is 37.5 Å². The highest BCUT2D eigenvalue weighted by Crippen LogP contribution is 2.37. The molecule has 1 N–H and O–H groups in total. The van der Waals surface area contributed by atoms with Gasteiger partial charge in [-0.3, -0.25) is 0 Å². The van der Waals surface area contributed by atoms with Crippen LogP contribution in [0.25, 0.3) is 22.1 Å². The van der Waals surface area contributed by atoms with Crippen LogP contribution in [-0.2, 0) is 4.74 Å². The first-order valence-corrected chi connectivity index (χ1v) is 7.43. The summed E-state index contributed by atoms with van der Waals surface area (Å²) >= 11 is 0. The second kappa shape index (κ2) is 4.18. The van der Waals surface area contributed by atoms with Crippen molar-refractivity contribution in [1.82, 2.24) is 9.97 Å². The van der Waals surface area contributed by atoms with E-state index in [1.54, 1.807) is 6.33 Å². The highest BCUT2D eigenvalue weighted by Gasteiger charge is 2.41. The van der Waals surface area contributed by atoms with Gasteiger partial charge in [0.15, 0.2) is 11.4 Å². The minimum absolute atomic E-state index is 0.310. The third kappa shape index (κ3) is 1.67. The molecule has 2 aromatic heterocycles. The van der Waals surface area contributed by atoms with E-state index in [1.807, 2.05) is 24.3 Å². The zero-order valence-electron chi connectivity index (χ0n) is 11.5. The number of ether oxygens (including phenoxy) is 1. The van der Waals surface area contributed by atoms with E-state index in [0.29, 0.717) is 18.2 Å². The number of hydrogen-bond donors (Lipinski definition) is 1. The summed E-state index contributed by atoms with van der Waals surface area (Å²) in [5, 5.41) is 4.54. The van der Waals surface area contributed by atoms with Crippen LogP contribution in [0.2, 0.25) is 0 Å².